The van der Waals surface area contributed by atoms with Gasteiger partial charge in [-0.1, -0.05) is 29.3 Å². The molecule has 3 aromatic rings. The minimum atomic E-state index is -4.06. The molecule has 0 aromatic heterocycles. The van der Waals surface area contributed by atoms with Crippen molar-refractivity contribution < 1.29 is 18.0 Å². The molecule has 0 atom stereocenters. The highest BCUT2D eigenvalue weighted by molar-refractivity contribution is 7.92. The van der Waals surface area contributed by atoms with Crippen LogP contribution in [-0.2, 0) is 10.0 Å². The van der Waals surface area contributed by atoms with Gasteiger partial charge in [-0.15, -0.1) is 6.58 Å². The second kappa shape index (κ2) is 10.1. The van der Waals surface area contributed by atoms with Crippen LogP contribution in [-0.4, -0.2) is 26.8 Å². The molecule has 170 valence electrons. The van der Waals surface area contributed by atoms with Crippen molar-refractivity contribution in [1.82, 2.24) is 0 Å². The number of sulfonamides is 1. The van der Waals surface area contributed by atoms with E-state index in [1.165, 1.54) is 48.5 Å². The van der Waals surface area contributed by atoms with Crippen molar-refractivity contribution in [2.45, 2.75) is 4.90 Å². The molecule has 0 bridgehead atoms. The third-order valence-electron chi connectivity index (χ3n) is 4.61. The lowest BCUT2D eigenvalue weighted by Crippen LogP contribution is -2.31. The highest BCUT2D eigenvalue weighted by Crippen LogP contribution is 2.28. The molecule has 0 aliphatic carbocycles. The maximum absolute atomic E-state index is 13.4. The maximum atomic E-state index is 13.4. The Morgan fingerprint density at radius 3 is 2.21 bits per heavy atom. The first-order valence-electron chi connectivity index (χ1n) is 9.53. The zero-order valence-corrected chi connectivity index (χ0v) is 19.5. The molecular weight excluding hydrogens is 485 g/mol. The quantitative estimate of drug-likeness (QED) is 0.433. The molecule has 0 fully saturated rings. The maximum Gasteiger partial charge on any atom is 0.264 e. The Kier molecular flexibility index (Phi) is 7.43. The van der Waals surface area contributed by atoms with E-state index < -0.39 is 21.8 Å². The first-order chi connectivity index (χ1) is 15.6. The number of anilines is 2. The van der Waals surface area contributed by atoms with E-state index in [-0.39, 0.29) is 27.6 Å². The molecule has 0 spiro atoms. The largest absolute Gasteiger partial charge is 0.366 e. The number of carbonyl (C=O) groups excluding carboxylic acids is 2. The van der Waals surface area contributed by atoms with Crippen LogP contribution in [0.3, 0.4) is 0 Å². The van der Waals surface area contributed by atoms with Crippen molar-refractivity contribution in [1.29, 1.82) is 0 Å². The summed E-state index contributed by atoms with van der Waals surface area (Å²) in [6, 6.07) is 16.1. The molecule has 0 saturated heterocycles. The van der Waals surface area contributed by atoms with E-state index in [1.807, 2.05) is 0 Å². The second-order valence-corrected chi connectivity index (χ2v) is 9.54. The van der Waals surface area contributed by atoms with Gasteiger partial charge in [0.1, 0.15) is 0 Å². The number of primary amides is 1. The summed E-state index contributed by atoms with van der Waals surface area (Å²) in [4.78, 5) is 23.9. The molecule has 33 heavy (non-hydrogen) atoms. The van der Waals surface area contributed by atoms with Crippen molar-refractivity contribution in [3.05, 3.63) is 101 Å². The highest BCUT2D eigenvalue weighted by Gasteiger charge is 2.26. The number of benzene rings is 3. The lowest BCUT2D eigenvalue weighted by Gasteiger charge is -2.23. The first-order valence-corrected chi connectivity index (χ1v) is 11.7. The molecule has 0 heterocycles. The Labute approximate surface area is 201 Å². The van der Waals surface area contributed by atoms with Gasteiger partial charge in [0.15, 0.2) is 0 Å². The number of nitrogens with two attached hydrogens (primary N) is 1. The van der Waals surface area contributed by atoms with Gasteiger partial charge >= 0.3 is 0 Å². The van der Waals surface area contributed by atoms with E-state index in [4.69, 9.17) is 28.9 Å². The minimum Gasteiger partial charge on any atom is -0.366 e. The summed E-state index contributed by atoms with van der Waals surface area (Å²) in [7, 11) is -4.06. The predicted octanol–water partition coefficient (Wildman–Crippen LogP) is 4.73. The average molecular weight is 504 g/mol. The van der Waals surface area contributed by atoms with Crippen LogP contribution < -0.4 is 15.4 Å². The van der Waals surface area contributed by atoms with Gasteiger partial charge in [-0.05, 0) is 66.7 Å². The summed E-state index contributed by atoms with van der Waals surface area (Å²) in [6.07, 6.45) is 1.45. The van der Waals surface area contributed by atoms with Crippen LogP contribution in [0.25, 0.3) is 0 Å². The van der Waals surface area contributed by atoms with Crippen LogP contribution >= 0.6 is 23.2 Å². The second-order valence-electron chi connectivity index (χ2n) is 6.84. The van der Waals surface area contributed by atoms with E-state index in [9.17, 15) is 18.0 Å². The van der Waals surface area contributed by atoms with E-state index in [0.29, 0.717) is 16.4 Å². The molecule has 3 rings (SSSR count). The Morgan fingerprint density at radius 2 is 1.64 bits per heavy atom. The summed E-state index contributed by atoms with van der Waals surface area (Å²) in [6.45, 7) is 3.63. The van der Waals surface area contributed by atoms with Crippen molar-refractivity contribution in [2.75, 3.05) is 16.2 Å². The highest BCUT2D eigenvalue weighted by atomic mass is 35.5. The molecular formula is C23H19Cl2N3O4S. The number of nitrogens with one attached hydrogen (secondary N) is 1. The normalized spacial score (nSPS) is 11.0. The molecule has 3 aromatic carbocycles. The lowest BCUT2D eigenvalue weighted by molar-refractivity contribution is 0.0998. The lowest BCUT2D eigenvalue weighted by atomic mass is 10.1. The Morgan fingerprint density at radius 1 is 1.00 bits per heavy atom. The van der Waals surface area contributed by atoms with Crippen molar-refractivity contribution in [3.63, 3.8) is 0 Å². The SMILES string of the molecule is C=CCN(c1ccc(Cl)cc1)S(=O)(=O)c1ccc(Cl)c(C(=O)Nc2ccc(C(N)=O)cc2)c1. The van der Waals surface area contributed by atoms with Gasteiger partial charge in [0, 0.05) is 16.3 Å². The van der Waals surface area contributed by atoms with E-state index in [1.54, 1.807) is 24.3 Å². The number of rotatable bonds is 8. The van der Waals surface area contributed by atoms with Crippen molar-refractivity contribution >= 4 is 56.4 Å². The van der Waals surface area contributed by atoms with E-state index in [0.717, 1.165) is 4.31 Å². The summed E-state index contributed by atoms with van der Waals surface area (Å²) in [5.74, 6) is -1.22. The summed E-state index contributed by atoms with van der Waals surface area (Å²) in [5, 5.41) is 3.15. The fraction of sp³-hybridized carbons (Fsp3) is 0.0435. The number of hydrogen-bond acceptors (Lipinski definition) is 4. The van der Waals surface area contributed by atoms with Crippen molar-refractivity contribution in [3.8, 4) is 0 Å². The number of carbonyl (C=O) groups is 2. The fourth-order valence-electron chi connectivity index (χ4n) is 2.95. The number of amides is 2. The van der Waals surface area contributed by atoms with Crippen LogP contribution in [0.15, 0.2) is 84.3 Å². The average Bonchev–Trinajstić information content (AvgIpc) is 2.78. The summed E-state index contributed by atoms with van der Waals surface area (Å²) < 4.78 is 27.9. The van der Waals surface area contributed by atoms with Crippen LogP contribution in [0.2, 0.25) is 10.0 Å². The molecule has 7 nitrogen and oxygen atoms in total. The van der Waals surface area contributed by atoms with Gasteiger partial charge in [0.25, 0.3) is 15.9 Å². The zero-order chi connectivity index (χ0) is 24.2. The summed E-state index contributed by atoms with van der Waals surface area (Å²) >= 11 is 12.1. The van der Waals surface area contributed by atoms with E-state index in [2.05, 4.69) is 11.9 Å². The monoisotopic (exact) mass is 503 g/mol. The summed E-state index contributed by atoms with van der Waals surface area (Å²) in [5.41, 5.74) is 6.22. The molecule has 0 unspecified atom stereocenters. The van der Waals surface area contributed by atoms with Gasteiger partial charge in [0.05, 0.1) is 27.7 Å². The van der Waals surface area contributed by atoms with Gasteiger partial charge in [-0.2, -0.15) is 0 Å². The molecule has 0 aliphatic heterocycles. The number of halogens is 2. The molecule has 3 N–H and O–H groups in total. The Hall–Kier alpha value is -3.33. The van der Waals surface area contributed by atoms with Crippen LogP contribution in [0, 0.1) is 0 Å². The standard InChI is InChI=1S/C23H19Cl2N3O4S/c1-2-13-28(18-9-5-16(24)6-10-18)33(31,32)19-11-12-21(25)20(14-19)23(30)27-17-7-3-15(4-8-17)22(26)29/h2-12,14H,1,13H2,(H2,26,29)(H,27,30). The van der Waals surface area contributed by atoms with Crippen LogP contribution in [0.4, 0.5) is 11.4 Å². The van der Waals surface area contributed by atoms with Crippen LogP contribution in [0.5, 0.6) is 0 Å². The van der Waals surface area contributed by atoms with Gasteiger partial charge in [-0.25, -0.2) is 8.42 Å². The third kappa shape index (κ3) is 5.54. The molecule has 0 radical (unpaired) electrons. The van der Waals surface area contributed by atoms with E-state index >= 15 is 0 Å². The smallest absolute Gasteiger partial charge is 0.264 e. The first kappa shape index (κ1) is 24.3. The third-order valence-corrected chi connectivity index (χ3v) is 6.98. The van der Waals surface area contributed by atoms with Gasteiger partial charge in [0.2, 0.25) is 5.91 Å². The van der Waals surface area contributed by atoms with Gasteiger partial charge < -0.3 is 11.1 Å². The molecule has 10 heteroatoms. The minimum absolute atomic E-state index is 0.000331. The van der Waals surface area contributed by atoms with Gasteiger partial charge in [-0.3, -0.25) is 13.9 Å². The molecule has 0 saturated carbocycles. The van der Waals surface area contributed by atoms with Crippen LogP contribution in [0.1, 0.15) is 20.7 Å². The van der Waals surface area contributed by atoms with Crippen molar-refractivity contribution in [2.24, 2.45) is 5.73 Å². The predicted molar refractivity (Wildman–Crippen MR) is 131 cm³/mol. The number of hydrogen-bond donors (Lipinski definition) is 2. The Bertz CT molecular complexity index is 1310. The zero-order valence-electron chi connectivity index (χ0n) is 17.2. The Balaban J connectivity index is 1.94. The molecule has 2 amide bonds. The number of nitrogens with zero attached hydrogens (tertiary/aromatic N) is 1. The fourth-order valence-corrected chi connectivity index (χ4v) is 4.74. The molecule has 0 aliphatic rings. The topological polar surface area (TPSA) is 110 Å².